The molecule has 4 nitrogen and oxygen atoms in total. The van der Waals surface area contributed by atoms with Gasteiger partial charge in [-0.25, -0.2) is 4.98 Å². The van der Waals surface area contributed by atoms with E-state index in [2.05, 4.69) is 62.6 Å². The molecule has 0 aromatic carbocycles. The van der Waals surface area contributed by atoms with Crippen molar-refractivity contribution >= 4 is 27.4 Å². The Balaban J connectivity index is 2.33. The zero-order valence-corrected chi connectivity index (χ0v) is 13.6. The number of rotatable bonds is 5. The molecule has 0 atom stereocenters. The van der Waals surface area contributed by atoms with E-state index >= 15 is 0 Å². The van der Waals surface area contributed by atoms with Gasteiger partial charge in [-0.1, -0.05) is 31.2 Å². The molecule has 2 aromatic heterocycles. The monoisotopic (exact) mass is 334 g/mol. The van der Waals surface area contributed by atoms with Gasteiger partial charge in [0, 0.05) is 19.5 Å². The normalized spacial score (nSPS) is 12.0. The second-order valence-electron chi connectivity index (χ2n) is 4.49. The van der Waals surface area contributed by atoms with Crippen LogP contribution in [0.3, 0.4) is 0 Å². The smallest absolute Gasteiger partial charge is 0.172 e. The van der Waals surface area contributed by atoms with Gasteiger partial charge in [0.1, 0.15) is 5.82 Å². The minimum Gasteiger partial charge on any atom is -0.373 e. The third-order valence-corrected chi connectivity index (χ3v) is 3.88. The molecule has 0 unspecified atom stereocenters. The molecule has 20 heavy (non-hydrogen) atoms. The number of allylic oxidation sites excluding steroid dienone is 4. The van der Waals surface area contributed by atoms with Crippen LogP contribution in [0.15, 0.2) is 34.8 Å². The predicted molar refractivity (Wildman–Crippen MR) is 87.2 cm³/mol. The first kappa shape index (κ1) is 14.8. The first-order valence-corrected chi connectivity index (χ1v) is 7.50. The molecule has 0 fully saturated rings. The molecule has 0 radical (unpaired) electrons. The summed E-state index contributed by atoms with van der Waals surface area (Å²) in [6.07, 6.45) is 10.2. The van der Waals surface area contributed by atoms with Crippen LogP contribution in [0.2, 0.25) is 0 Å². The lowest BCUT2D eigenvalue weighted by atomic mass is 10.2. The van der Waals surface area contributed by atoms with E-state index in [1.54, 1.807) is 0 Å². The van der Waals surface area contributed by atoms with Crippen LogP contribution in [0.1, 0.15) is 24.7 Å². The van der Waals surface area contributed by atoms with Gasteiger partial charge in [0.05, 0.1) is 15.9 Å². The number of nitrogens with one attached hydrogen (secondary N) is 1. The highest BCUT2D eigenvalue weighted by atomic mass is 79.9. The average Bonchev–Trinajstić information content (AvgIpc) is 2.74. The summed E-state index contributed by atoms with van der Waals surface area (Å²) in [6, 6.07) is 2.03. The summed E-state index contributed by atoms with van der Waals surface area (Å²) in [4.78, 5) is 4.66. The highest BCUT2D eigenvalue weighted by Gasteiger charge is 2.11. The summed E-state index contributed by atoms with van der Waals surface area (Å²) < 4.78 is 2.77. The van der Waals surface area contributed by atoms with Crippen LogP contribution in [-0.2, 0) is 6.42 Å². The van der Waals surface area contributed by atoms with Crippen molar-refractivity contribution in [3.63, 3.8) is 0 Å². The predicted octanol–water partition coefficient (Wildman–Crippen LogP) is 3.91. The fraction of sp³-hybridized carbons (Fsp3) is 0.333. The summed E-state index contributed by atoms with van der Waals surface area (Å²) >= 11 is 3.55. The molecule has 0 saturated heterocycles. The second-order valence-corrected chi connectivity index (χ2v) is 5.28. The van der Waals surface area contributed by atoms with Gasteiger partial charge in [0.15, 0.2) is 5.65 Å². The van der Waals surface area contributed by atoms with E-state index < -0.39 is 0 Å². The van der Waals surface area contributed by atoms with E-state index in [-0.39, 0.29) is 0 Å². The van der Waals surface area contributed by atoms with Crippen molar-refractivity contribution < 1.29 is 0 Å². The summed E-state index contributed by atoms with van der Waals surface area (Å²) in [5, 5.41) is 7.62. The molecule has 2 rings (SSSR count). The van der Waals surface area contributed by atoms with Crippen molar-refractivity contribution in [1.29, 1.82) is 0 Å². The molecular weight excluding hydrogens is 316 g/mol. The highest BCUT2D eigenvalue weighted by molar-refractivity contribution is 9.10. The largest absolute Gasteiger partial charge is 0.373 e. The SMILES string of the molecule is CC/C=C\C=C/Cc1cc(NC)n2nc(C)c(Br)c2n1. The Morgan fingerprint density at radius 3 is 2.80 bits per heavy atom. The van der Waals surface area contributed by atoms with Crippen LogP contribution in [0, 0.1) is 6.92 Å². The summed E-state index contributed by atoms with van der Waals surface area (Å²) in [6.45, 7) is 4.09. The molecule has 0 aliphatic carbocycles. The van der Waals surface area contributed by atoms with Gasteiger partial charge in [-0.15, -0.1) is 0 Å². The van der Waals surface area contributed by atoms with Gasteiger partial charge in [-0.2, -0.15) is 9.61 Å². The van der Waals surface area contributed by atoms with Crippen molar-refractivity contribution in [2.75, 3.05) is 12.4 Å². The van der Waals surface area contributed by atoms with Crippen LogP contribution in [0.25, 0.3) is 5.65 Å². The zero-order valence-electron chi connectivity index (χ0n) is 12.0. The van der Waals surface area contributed by atoms with Crippen LogP contribution >= 0.6 is 15.9 Å². The minimum atomic E-state index is 0.801. The Hall–Kier alpha value is -1.62. The molecule has 0 spiro atoms. The van der Waals surface area contributed by atoms with Crippen molar-refractivity contribution in [3.8, 4) is 0 Å². The molecule has 106 valence electrons. The third kappa shape index (κ3) is 3.10. The van der Waals surface area contributed by atoms with Crippen LogP contribution in [0.5, 0.6) is 0 Å². The number of hydrogen-bond acceptors (Lipinski definition) is 3. The fourth-order valence-corrected chi connectivity index (χ4v) is 2.25. The van der Waals surface area contributed by atoms with Gasteiger partial charge in [0.25, 0.3) is 0 Å². The molecular formula is C15H19BrN4. The zero-order chi connectivity index (χ0) is 14.5. The van der Waals surface area contributed by atoms with Crippen molar-refractivity contribution in [2.45, 2.75) is 26.7 Å². The third-order valence-electron chi connectivity index (χ3n) is 2.95. The van der Waals surface area contributed by atoms with Crippen molar-refractivity contribution in [2.24, 2.45) is 0 Å². The number of nitrogens with zero attached hydrogens (tertiary/aromatic N) is 3. The van der Waals surface area contributed by atoms with Crippen molar-refractivity contribution in [3.05, 3.63) is 46.2 Å². The Kier molecular flexibility index (Phi) is 4.95. The molecule has 0 aliphatic heterocycles. The molecule has 0 bridgehead atoms. The Bertz CT molecular complexity index is 655. The first-order chi connectivity index (χ1) is 9.67. The molecule has 0 amide bonds. The van der Waals surface area contributed by atoms with Crippen LogP contribution in [-0.4, -0.2) is 21.6 Å². The topological polar surface area (TPSA) is 42.2 Å². The summed E-state index contributed by atoms with van der Waals surface area (Å²) in [7, 11) is 1.89. The maximum Gasteiger partial charge on any atom is 0.172 e. The maximum absolute atomic E-state index is 4.66. The lowest BCUT2D eigenvalue weighted by Crippen LogP contribution is -2.03. The lowest BCUT2D eigenvalue weighted by Gasteiger charge is -2.06. The second kappa shape index (κ2) is 6.70. The molecule has 0 saturated carbocycles. The number of anilines is 1. The first-order valence-electron chi connectivity index (χ1n) is 6.71. The Morgan fingerprint density at radius 2 is 2.10 bits per heavy atom. The molecule has 2 aromatic rings. The van der Waals surface area contributed by atoms with Gasteiger partial charge < -0.3 is 5.32 Å². The number of fused-ring (bicyclic) bond motifs is 1. The van der Waals surface area contributed by atoms with Crippen molar-refractivity contribution in [1.82, 2.24) is 14.6 Å². The summed E-state index contributed by atoms with van der Waals surface area (Å²) in [5.74, 6) is 0.941. The maximum atomic E-state index is 4.66. The molecule has 1 N–H and O–H groups in total. The fourth-order valence-electron chi connectivity index (χ4n) is 1.91. The van der Waals surface area contributed by atoms with E-state index in [0.29, 0.717) is 0 Å². The average molecular weight is 335 g/mol. The van der Waals surface area contributed by atoms with Gasteiger partial charge in [0.2, 0.25) is 0 Å². The number of halogens is 1. The van der Waals surface area contributed by atoms with E-state index in [1.165, 1.54) is 0 Å². The van der Waals surface area contributed by atoms with Gasteiger partial charge >= 0.3 is 0 Å². The van der Waals surface area contributed by atoms with E-state index in [4.69, 9.17) is 0 Å². The standard InChI is InChI=1S/C15H19BrN4/c1-4-5-6-7-8-9-12-10-13(17-3)20-15(18-12)14(16)11(2)19-20/h5-8,10,17H,4,9H2,1-3H3/b6-5-,8-7-. The van der Waals surface area contributed by atoms with Crippen LogP contribution in [0.4, 0.5) is 5.82 Å². The van der Waals surface area contributed by atoms with E-state index in [1.807, 2.05) is 24.6 Å². The Labute approximate surface area is 127 Å². The molecule has 5 heteroatoms. The van der Waals surface area contributed by atoms with E-state index in [0.717, 1.165) is 40.2 Å². The minimum absolute atomic E-state index is 0.801. The number of aromatic nitrogens is 3. The van der Waals surface area contributed by atoms with Gasteiger partial charge in [-0.05, 0) is 29.3 Å². The number of hydrogen-bond donors (Lipinski definition) is 1. The lowest BCUT2D eigenvalue weighted by molar-refractivity contribution is 0.908. The highest BCUT2D eigenvalue weighted by Crippen LogP contribution is 2.23. The molecule has 2 heterocycles. The quantitative estimate of drug-likeness (QED) is 0.843. The van der Waals surface area contributed by atoms with Crippen LogP contribution < -0.4 is 5.32 Å². The Morgan fingerprint density at radius 1 is 1.35 bits per heavy atom. The number of aryl methyl sites for hydroxylation is 1. The van der Waals surface area contributed by atoms with Gasteiger partial charge in [-0.3, -0.25) is 0 Å². The molecule has 0 aliphatic rings. The van der Waals surface area contributed by atoms with E-state index in [9.17, 15) is 0 Å². The summed E-state index contributed by atoms with van der Waals surface area (Å²) in [5.41, 5.74) is 2.80.